The van der Waals surface area contributed by atoms with E-state index in [2.05, 4.69) is 15.0 Å². The number of ether oxygens (including phenoxy) is 3. The Morgan fingerprint density at radius 2 is 1.94 bits per heavy atom. The summed E-state index contributed by atoms with van der Waals surface area (Å²) in [7, 11) is -0.694. The van der Waals surface area contributed by atoms with Crippen LogP contribution in [0.5, 0.6) is 5.75 Å². The molecule has 11 heteroatoms. The summed E-state index contributed by atoms with van der Waals surface area (Å²) in [5.41, 5.74) is 1.78. The standard InChI is InChI=1S/C23H24Cl2N4O4S/c24-17-1-6-21(22(25)11-17)23(14-29-16-26-15-27-29)32-13-20(33-23)12-31-19-4-2-18(3-5-19)28-7-9-34(30)10-8-28/h1-6,11,15-16,20H,7-10,12-14H2/t20-,23-/m0/s1. The second-order valence-electron chi connectivity index (χ2n) is 8.16. The summed E-state index contributed by atoms with van der Waals surface area (Å²) < 4.78 is 31.8. The fourth-order valence-electron chi connectivity index (χ4n) is 4.12. The number of hydrogen-bond acceptors (Lipinski definition) is 7. The van der Waals surface area contributed by atoms with E-state index < -0.39 is 16.6 Å². The summed E-state index contributed by atoms with van der Waals surface area (Å²) in [6.45, 7) is 2.53. The number of benzene rings is 2. The van der Waals surface area contributed by atoms with Crippen molar-refractivity contribution in [2.45, 2.75) is 18.4 Å². The lowest BCUT2D eigenvalue weighted by Gasteiger charge is -2.29. The first kappa shape index (κ1) is 23.6. The normalized spacial score (nSPS) is 23.4. The molecule has 2 aromatic carbocycles. The van der Waals surface area contributed by atoms with Gasteiger partial charge in [0.05, 0.1) is 11.6 Å². The molecule has 1 aromatic heterocycles. The lowest BCUT2D eigenvalue weighted by atomic mass is 10.1. The van der Waals surface area contributed by atoms with E-state index in [1.807, 2.05) is 24.3 Å². The monoisotopic (exact) mass is 522 g/mol. The molecule has 2 aliphatic rings. The molecule has 2 saturated heterocycles. The second kappa shape index (κ2) is 10.2. The van der Waals surface area contributed by atoms with Crippen molar-refractivity contribution in [3.05, 3.63) is 70.7 Å². The molecule has 3 aromatic rings. The van der Waals surface area contributed by atoms with Gasteiger partial charge in [-0.3, -0.25) is 4.21 Å². The maximum atomic E-state index is 11.6. The van der Waals surface area contributed by atoms with Crippen LogP contribution in [0.3, 0.4) is 0 Å². The lowest BCUT2D eigenvalue weighted by Crippen LogP contribution is -2.37. The van der Waals surface area contributed by atoms with Crippen LogP contribution in [0.25, 0.3) is 0 Å². The van der Waals surface area contributed by atoms with E-state index in [4.69, 9.17) is 37.4 Å². The SMILES string of the molecule is O=S1CCN(c2ccc(OC[C@H]3CO[C@](Cn4cncn4)(c4ccc(Cl)cc4Cl)O3)cc2)CC1. The quantitative estimate of drug-likeness (QED) is 0.469. The molecule has 180 valence electrons. The minimum absolute atomic E-state index is 0.278. The molecule has 3 heterocycles. The molecule has 34 heavy (non-hydrogen) atoms. The predicted molar refractivity (Wildman–Crippen MR) is 131 cm³/mol. The molecule has 0 aliphatic carbocycles. The molecule has 0 saturated carbocycles. The van der Waals surface area contributed by atoms with Gasteiger partial charge >= 0.3 is 0 Å². The Hall–Kier alpha value is -2.17. The Kier molecular flexibility index (Phi) is 7.08. The van der Waals surface area contributed by atoms with Gasteiger partial charge in [-0.15, -0.1) is 0 Å². The Labute approximate surface area is 210 Å². The van der Waals surface area contributed by atoms with Crippen molar-refractivity contribution in [3.8, 4) is 5.75 Å². The molecule has 2 aliphatic heterocycles. The molecule has 5 rings (SSSR count). The van der Waals surface area contributed by atoms with Crippen LogP contribution in [0.4, 0.5) is 5.69 Å². The highest BCUT2D eigenvalue weighted by Crippen LogP contribution is 2.40. The van der Waals surface area contributed by atoms with Gasteiger partial charge in [0.2, 0.25) is 5.79 Å². The fourth-order valence-corrected chi connectivity index (χ4v) is 5.73. The van der Waals surface area contributed by atoms with Gasteiger partial charge < -0.3 is 19.1 Å². The molecule has 0 unspecified atom stereocenters. The third-order valence-electron chi connectivity index (χ3n) is 5.85. The number of anilines is 1. The maximum Gasteiger partial charge on any atom is 0.217 e. The van der Waals surface area contributed by atoms with Crippen LogP contribution in [-0.2, 0) is 32.6 Å². The van der Waals surface area contributed by atoms with Gasteiger partial charge in [-0.2, -0.15) is 5.10 Å². The van der Waals surface area contributed by atoms with Crippen LogP contribution in [0.15, 0.2) is 55.1 Å². The van der Waals surface area contributed by atoms with E-state index >= 15 is 0 Å². The molecule has 2 atom stereocenters. The number of halogens is 2. The maximum absolute atomic E-state index is 11.6. The smallest absolute Gasteiger partial charge is 0.217 e. The van der Waals surface area contributed by atoms with Gasteiger partial charge in [0, 0.05) is 51.7 Å². The molecule has 8 nitrogen and oxygen atoms in total. The zero-order valence-corrected chi connectivity index (χ0v) is 20.6. The Morgan fingerprint density at radius 1 is 1.15 bits per heavy atom. The molecule has 0 bridgehead atoms. The second-order valence-corrected chi connectivity index (χ2v) is 10.7. The molecule has 2 fully saturated rings. The number of aromatic nitrogens is 3. The Morgan fingerprint density at radius 3 is 2.65 bits per heavy atom. The minimum atomic E-state index is -1.14. The summed E-state index contributed by atoms with van der Waals surface area (Å²) in [4.78, 5) is 6.25. The first-order chi connectivity index (χ1) is 16.5. The molecule has 0 N–H and O–H groups in total. The van der Waals surface area contributed by atoms with Gasteiger partial charge in [-0.05, 0) is 36.4 Å². The zero-order valence-electron chi connectivity index (χ0n) is 18.3. The van der Waals surface area contributed by atoms with E-state index in [9.17, 15) is 4.21 Å². The average Bonchev–Trinajstić information content (AvgIpc) is 3.49. The van der Waals surface area contributed by atoms with Crippen molar-refractivity contribution in [3.63, 3.8) is 0 Å². The third-order valence-corrected chi connectivity index (χ3v) is 7.68. The van der Waals surface area contributed by atoms with E-state index in [1.54, 1.807) is 29.2 Å². The summed E-state index contributed by atoms with van der Waals surface area (Å²) in [6, 6.07) is 13.2. The number of rotatable bonds is 7. The van der Waals surface area contributed by atoms with E-state index in [-0.39, 0.29) is 12.6 Å². The zero-order chi connectivity index (χ0) is 23.5. The highest BCUT2D eigenvalue weighted by Gasteiger charge is 2.45. The molecule has 0 radical (unpaired) electrons. The molecule has 0 spiro atoms. The molecular formula is C23H24Cl2N4O4S. The van der Waals surface area contributed by atoms with Crippen molar-refractivity contribution >= 4 is 39.7 Å². The summed E-state index contributed by atoms with van der Waals surface area (Å²) in [5, 5.41) is 5.17. The predicted octanol–water partition coefficient (Wildman–Crippen LogP) is 3.50. The van der Waals surface area contributed by atoms with Crippen LogP contribution in [-0.4, -0.2) is 62.9 Å². The van der Waals surface area contributed by atoms with Gasteiger partial charge in [0.1, 0.15) is 37.7 Å². The van der Waals surface area contributed by atoms with Crippen molar-refractivity contribution in [2.24, 2.45) is 0 Å². The fraction of sp³-hybridized carbons (Fsp3) is 0.391. The Balaban J connectivity index is 1.25. The van der Waals surface area contributed by atoms with E-state index in [0.29, 0.717) is 40.3 Å². The van der Waals surface area contributed by atoms with Gasteiger partial charge in [-0.25, -0.2) is 9.67 Å². The van der Waals surface area contributed by atoms with Crippen molar-refractivity contribution in [1.82, 2.24) is 14.8 Å². The van der Waals surface area contributed by atoms with Crippen LogP contribution in [0.2, 0.25) is 10.0 Å². The van der Waals surface area contributed by atoms with Gasteiger partial charge in [0.15, 0.2) is 0 Å². The third kappa shape index (κ3) is 5.23. The first-order valence-corrected chi connectivity index (χ1v) is 13.2. The van der Waals surface area contributed by atoms with E-state index in [1.165, 1.54) is 6.33 Å². The first-order valence-electron chi connectivity index (χ1n) is 10.9. The van der Waals surface area contributed by atoms with Crippen molar-refractivity contribution < 1.29 is 18.4 Å². The molecular weight excluding hydrogens is 499 g/mol. The Bertz CT molecular complexity index is 1140. The summed E-state index contributed by atoms with van der Waals surface area (Å²) in [5.74, 6) is 1.03. The van der Waals surface area contributed by atoms with Gasteiger partial charge in [0.25, 0.3) is 0 Å². The highest BCUT2D eigenvalue weighted by molar-refractivity contribution is 7.85. The van der Waals surface area contributed by atoms with Crippen LogP contribution >= 0.6 is 23.2 Å². The number of nitrogens with zero attached hydrogens (tertiary/aromatic N) is 4. The van der Waals surface area contributed by atoms with Crippen molar-refractivity contribution in [2.75, 3.05) is 42.7 Å². The largest absolute Gasteiger partial charge is 0.491 e. The summed E-state index contributed by atoms with van der Waals surface area (Å²) >= 11 is 12.6. The van der Waals surface area contributed by atoms with E-state index in [0.717, 1.165) is 24.5 Å². The number of hydrogen-bond donors (Lipinski definition) is 0. The van der Waals surface area contributed by atoms with Gasteiger partial charge in [-0.1, -0.05) is 29.3 Å². The van der Waals surface area contributed by atoms with Crippen molar-refractivity contribution in [1.29, 1.82) is 0 Å². The lowest BCUT2D eigenvalue weighted by molar-refractivity contribution is -0.190. The van der Waals surface area contributed by atoms with Crippen LogP contribution < -0.4 is 9.64 Å². The molecule has 0 amide bonds. The van der Waals surface area contributed by atoms with Crippen LogP contribution in [0.1, 0.15) is 5.56 Å². The topological polar surface area (TPSA) is 78.7 Å². The summed E-state index contributed by atoms with van der Waals surface area (Å²) in [6.07, 6.45) is 2.75. The highest BCUT2D eigenvalue weighted by atomic mass is 35.5. The van der Waals surface area contributed by atoms with Crippen LogP contribution in [0, 0.1) is 0 Å². The minimum Gasteiger partial charge on any atom is -0.491 e. The average molecular weight is 523 g/mol.